The Morgan fingerprint density at radius 1 is 1.19 bits per heavy atom. The van der Waals surface area contributed by atoms with Gasteiger partial charge in [-0.2, -0.15) is 0 Å². The Bertz CT molecular complexity index is 624. The summed E-state index contributed by atoms with van der Waals surface area (Å²) in [6, 6.07) is 6.04. The quantitative estimate of drug-likeness (QED) is 0.735. The molecule has 0 spiro atoms. The zero-order valence-corrected chi connectivity index (χ0v) is 16.7. The van der Waals surface area contributed by atoms with Gasteiger partial charge in [0.15, 0.2) is 6.54 Å². The minimum absolute atomic E-state index is 0.0169. The third-order valence-corrected chi connectivity index (χ3v) is 5.61. The summed E-state index contributed by atoms with van der Waals surface area (Å²) in [7, 11) is 0. The molecular formula is C21H34N3O2+. The highest BCUT2D eigenvalue weighted by Crippen LogP contribution is 2.25. The Morgan fingerprint density at radius 3 is 2.50 bits per heavy atom. The minimum Gasteiger partial charge on any atom is -0.356 e. The van der Waals surface area contributed by atoms with Crippen LogP contribution in [0.25, 0.3) is 0 Å². The smallest absolute Gasteiger partial charge is 0.279 e. The molecule has 5 heteroatoms. The van der Waals surface area contributed by atoms with Crippen LogP contribution >= 0.6 is 0 Å². The van der Waals surface area contributed by atoms with Gasteiger partial charge < -0.3 is 15.1 Å². The predicted molar refractivity (Wildman–Crippen MR) is 106 cm³/mol. The van der Waals surface area contributed by atoms with Crippen molar-refractivity contribution in [2.24, 2.45) is 5.92 Å². The van der Waals surface area contributed by atoms with Crippen molar-refractivity contribution in [3.05, 3.63) is 29.3 Å². The van der Waals surface area contributed by atoms with E-state index in [0.29, 0.717) is 11.0 Å². The van der Waals surface area contributed by atoms with Gasteiger partial charge in [-0.15, -0.1) is 0 Å². The summed E-state index contributed by atoms with van der Waals surface area (Å²) >= 11 is 0. The SMILES string of the molecule is CCCNC(=O)C1CCC[N+](CC)(CC(=O)Nc2c(C)cccc2C)C1. The normalized spacial score (nSPS) is 22.7. The van der Waals surface area contributed by atoms with E-state index in [1.54, 1.807) is 0 Å². The lowest BCUT2D eigenvalue weighted by molar-refractivity contribution is -0.925. The number of para-hydroxylation sites is 1. The minimum atomic E-state index is 0.0169. The molecule has 26 heavy (non-hydrogen) atoms. The number of nitrogens with zero attached hydrogens (tertiary/aromatic N) is 1. The van der Waals surface area contributed by atoms with Crippen LogP contribution < -0.4 is 10.6 Å². The Morgan fingerprint density at radius 2 is 1.88 bits per heavy atom. The lowest BCUT2D eigenvalue weighted by atomic mass is 9.94. The first-order valence-corrected chi connectivity index (χ1v) is 9.89. The molecule has 1 heterocycles. The van der Waals surface area contributed by atoms with E-state index in [4.69, 9.17) is 0 Å². The molecule has 0 aliphatic carbocycles. The molecule has 5 nitrogen and oxygen atoms in total. The summed E-state index contributed by atoms with van der Waals surface area (Å²) in [5.74, 6) is 0.208. The van der Waals surface area contributed by atoms with E-state index in [1.165, 1.54) is 0 Å². The maximum absolute atomic E-state index is 12.8. The Labute approximate surface area is 157 Å². The number of amides is 2. The molecule has 1 saturated heterocycles. The third kappa shape index (κ3) is 5.07. The van der Waals surface area contributed by atoms with E-state index in [0.717, 1.165) is 62.3 Å². The van der Waals surface area contributed by atoms with Crippen LogP contribution in [0.2, 0.25) is 0 Å². The van der Waals surface area contributed by atoms with Gasteiger partial charge in [0.2, 0.25) is 5.91 Å². The lowest BCUT2D eigenvalue weighted by Crippen LogP contribution is -2.59. The van der Waals surface area contributed by atoms with Gasteiger partial charge in [-0.3, -0.25) is 9.59 Å². The first kappa shape index (κ1) is 20.4. The monoisotopic (exact) mass is 360 g/mol. The highest BCUT2D eigenvalue weighted by atomic mass is 16.2. The first-order valence-electron chi connectivity index (χ1n) is 9.89. The Balaban J connectivity index is 2.04. The molecule has 0 saturated carbocycles. The topological polar surface area (TPSA) is 58.2 Å². The number of carbonyl (C=O) groups is 2. The second-order valence-electron chi connectivity index (χ2n) is 7.67. The van der Waals surface area contributed by atoms with Gasteiger partial charge in [0.05, 0.1) is 25.6 Å². The Hall–Kier alpha value is -1.88. The van der Waals surface area contributed by atoms with E-state index in [1.807, 2.05) is 32.0 Å². The van der Waals surface area contributed by atoms with Gasteiger partial charge in [-0.1, -0.05) is 25.1 Å². The highest BCUT2D eigenvalue weighted by molar-refractivity contribution is 5.93. The summed E-state index contributed by atoms with van der Waals surface area (Å²) in [6.45, 7) is 12.0. The maximum atomic E-state index is 12.8. The van der Waals surface area contributed by atoms with Crippen molar-refractivity contribution >= 4 is 17.5 Å². The van der Waals surface area contributed by atoms with Gasteiger partial charge in [0, 0.05) is 12.2 Å². The van der Waals surface area contributed by atoms with E-state index < -0.39 is 0 Å². The molecule has 2 amide bonds. The number of likely N-dealkylation sites (tertiary alicyclic amines) is 1. The number of aryl methyl sites for hydroxylation is 2. The zero-order chi connectivity index (χ0) is 19.2. The predicted octanol–water partition coefficient (Wildman–Crippen LogP) is 3.01. The van der Waals surface area contributed by atoms with Crippen molar-refractivity contribution in [1.29, 1.82) is 0 Å². The lowest BCUT2D eigenvalue weighted by Gasteiger charge is -2.42. The molecule has 1 aliphatic heterocycles. The molecule has 1 aromatic rings. The molecule has 2 rings (SSSR count). The molecule has 0 bridgehead atoms. The van der Waals surface area contributed by atoms with Crippen LogP contribution in [0.5, 0.6) is 0 Å². The van der Waals surface area contributed by atoms with Crippen LogP contribution in [-0.2, 0) is 9.59 Å². The number of quaternary nitrogens is 1. The first-order chi connectivity index (χ1) is 12.4. The molecule has 144 valence electrons. The molecule has 1 fully saturated rings. The number of carbonyl (C=O) groups excluding carboxylic acids is 2. The standard InChI is InChI=1S/C21H33N3O2/c1-5-12-22-21(26)18-11-8-13-24(6-2,14-18)15-19(25)23-20-16(3)9-7-10-17(20)4/h7,9-10,18H,5-6,8,11-15H2,1-4H3,(H-,22,23,25,26)/p+1. The average Bonchev–Trinajstić information content (AvgIpc) is 2.63. The van der Waals surface area contributed by atoms with Crippen LogP contribution in [0, 0.1) is 19.8 Å². The molecule has 0 aromatic heterocycles. The third-order valence-electron chi connectivity index (χ3n) is 5.61. The van der Waals surface area contributed by atoms with Crippen molar-refractivity contribution in [1.82, 2.24) is 5.32 Å². The number of piperidine rings is 1. The number of hydrogen-bond donors (Lipinski definition) is 2. The van der Waals surface area contributed by atoms with Crippen molar-refractivity contribution in [3.63, 3.8) is 0 Å². The van der Waals surface area contributed by atoms with Crippen LogP contribution in [0.4, 0.5) is 5.69 Å². The van der Waals surface area contributed by atoms with Gasteiger partial charge in [0.1, 0.15) is 0 Å². The van der Waals surface area contributed by atoms with E-state index in [-0.39, 0.29) is 17.7 Å². The number of anilines is 1. The van der Waals surface area contributed by atoms with Crippen LogP contribution in [0.1, 0.15) is 44.2 Å². The number of rotatable bonds is 7. The summed E-state index contributed by atoms with van der Waals surface area (Å²) in [6.07, 6.45) is 2.87. The fraction of sp³-hybridized carbons (Fsp3) is 0.619. The fourth-order valence-electron chi connectivity index (χ4n) is 3.97. The van der Waals surface area contributed by atoms with Gasteiger partial charge in [-0.05, 0) is 51.2 Å². The number of nitrogens with one attached hydrogen (secondary N) is 2. The molecule has 2 atom stereocenters. The summed E-state index contributed by atoms with van der Waals surface area (Å²) in [4.78, 5) is 25.2. The van der Waals surface area contributed by atoms with Crippen LogP contribution in [0.3, 0.4) is 0 Å². The second-order valence-corrected chi connectivity index (χ2v) is 7.67. The molecule has 1 aromatic carbocycles. The van der Waals surface area contributed by atoms with E-state index in [2.05, 4.69) is 24.5 Å². The molecule has 2 unspecified atom stereocenters. The van der Waals surface area contributed by atoms with Crippen molar-refractivity contribution in [2.75, 3.05) is 38.0 Å². The van der Waals surface area contributed by atoms with Crippen LogP contribution in [-0.4, -0.2) is 49.0 Å². The van der Waals surface area contributed by atoms with E-state index in [9.17, 15) is 9.59 Å². The molecular weight excluding hydrogens is 326 g/mol. The van der Waals surface area contributed by atoms with Gasteiger partial charge in [0.25, 0.3) is 5.91 Å². The van der Waals surface area contributed by atoms with Gasteiger partial charge in [-0.25, -0.2) is 0 Å². The Kier molecular flexibility index (Phi) is 7.21. The summed E-state index contributed by atoms with van der Waals surface area (Å²) in [5, 5.41) is 6.13. The fourth-order valence-corrected chi connectivity index (χ4v) is 3.97. The number of benzene rings is 1. The molecule has 1 aliphatic rings. The van der Waals surface area contributed by atoms with E-state index >= 15 is 0 Å². The molecule has 2 N–H and O–H groups in total. The number of hydrogen-bond acceptors (Lipinski definition) is 2. The van der Waals surface area contributed by atoms with Crippen molar-refractivity contribution < 1.29 is 14.1 Å². The highest BCUT2D eigenvalue weighted by Gasteiger charge is 2.38. The van der Waals surface area contributed by atoms with Crippen molar-refractivity contribution in [3.8, 4) is 0 Å². The summed E-state index contributed by atoms with van der Waals surface area (Å²) in [5.41, 5.74) is 3.08. The average molecular weight is 361 g/mol. The molecule has 0 radical (unpaired) electrons. The van der Waals surface area contributed by atoms with Crippen LogP contribution in [0.15, 0.2) is 18.2 Å². The largest absolute Gasteiger partial charge is 0.356 e. The van der Waals surface area contributed by atoms with Crippen molar-refractivity contribution in [2.45, 2.75) is 47.0 Å². The maximum Gasteiger partial charge on any atom is 0.279 e. The zero-order valence-electron chi connectivity index (χ0n) is 16.7. The second kappa shape index (κ2) is 9.17. The van der Waals surface area contributed by atoms with Gasteiger partial charge >= 0.3 is 0 Å². The summed E-state index contributed by atoms with van der Waals surface area (Å²) < 4.78 is 0.695. The number of likely N-dealkylation sites (N-methyl/N-ethyl adjacent to an activating group) is 1.